The fourth-order valence-corrected chi connectivity index (χ4v) is 2.45. The lowest BCUT2D eigenvalue weighted by Crippen LogP contribution is -2.24. The number of rotatable bonds is 8. The summed E-state index contributed by atoms with van der Waals surface area (Å²) in [7, 11) is 1.35. The third-order valence-corrected chi connectivity index (χ3v) is 3.56. The number of hydrogen-bond acceptors (Lipinski definition) is 6. The first-order valence-electron chi connectivity index (χ1n) is 7.66. The van der Waals surface area contributed by atoms with Crippen LogP contribution in [0, 0.1) is 6.92 Å². The Labute approximate surface area is 130 Å². The van der Waals surface area contributed by atoms with E-state index in [1.54, 1.807) is 6.92 Å². The Balaban J connectivity index is 1.86. The monoisotopic (exact) mass is 312 g/mol. The number of aryl methyl sites for hydroxylation is 2. The van der Waals surface area contributed by atoms with E-state index in [1.807, 2.05) is 6.92 Å². The molecule has 0 spiro atoms. The van der Waals surface area contributed by atoms with E-state index in [9.17, 15) is 4.79 Å². The molecule has 1 atom stereocenters. The molecule has 1 saturated heterocycles. The number of imidazole rings is 1. The zero-order valence-corrected chi connectivity index (χ0v) is 13.5. The normalized spacial score (nSPS) is 17.7. The number of methoxy groups -OCH3 is 1. The average Bonchev–Trinajstić information content (AvgIpc) is 3.14. The lowest BCUT2D eigenvalue weighted by Gasteiger charge is -2.13. The van der Waals surface area contributed by atoms with Gasteiger partial charge in [-0.3, -0.25) is 0 Å². The van der Waals surface area contributed by atoms with Gasteiger partial charge in [0.05, 0.1) is 32.1 Å². The first-order chi connectivity index (χ1) is 10.7. The predicted octanol–water partition coefficient (Wildman–Crippen LogP) is 1.16. The predicted molar refractivity (Wildman–Crippen MR) is 78.9 cm³/mol. The molecule has 1 aromatic heterocycles. The van der Waals surface area contributed by atoms with Crippen molar-refractivity contribution in [1.29, 1.82) is 0 Å². The Morgan fingerprint density at radius 3 is 2.91 bits per heavy atom. The summed E-state index contributed by atoms with van der Waals surface area (Å²) in [5, 5.41) is 0. The van der Waals surface area contributed by atoms with E-state index < -0.39 is 5.97 Å². The summed E-state index contributed by atoms with van der Waals surface area (Å²) in [5.41, 5.74) is 1.02. The Kier molecular flexibility index (Phi) is 6.21. The molecule has 1 unspecified atom stereocenters. The van der Waals surface area contributed by atoms with Crippen molar-refractivity contribution in [3.63, 3.8) is 0 Å². The van der Waals surface area contributed by atoms with Gasteiger partial charge in [-0.1, -0.05) is 6.92 Å². The molecule has 0 radical (unpaired) electrons. The van der Waals surface area contributed by atoms with Crippen molar-refractivity contribution >= 4 is 5.97 Å². The van der Waals surface area contributed by atoms with Crippen LogP contribution < -0.4 is 4.84 Å². The fraction of sp³-hybridized carbons (Fsp3) is 0.733. The topological polar surface area (TPSA) is 71.8 Å². The standard InChI is InChI=1S/C15H24N2O5/c1-4-13-14(15(18)19-3)17(11(2)16-13)22-9-8-20-10-12-6-5-7-21-12/h12H,4-10H2,1-3H3. The summed E-state index contributed by atoms with van der Waals surface area (Å²) in [6, 6.07) is 0. The molecule has 7 nitrogen and oxygen atoms in total. The van der Waals surface area contributed by atoms with Gasteiger partial charge in [0.15, 0.2) is 5.69 Å². The first-order valence-corrected chi connectivity index (χ1v) is 7.66. The number of carbonyl (C=O) groups excluding carboxylic acids is 1. The lowest BCUT2D eigenvalue weighted by atomic mass is 10.2. The number of hydrogen-bond donors (Lipinski definition) is 0. The molecule has 2 heterocycles. The van der Waals surface area contributed by atoms with Crippen molar-refractivity contribution < 1.29 is 23.8 Å². The summed E-state index contributed by atoms with van der Waals surface area (Å²) in [5.74, 6) is 0.175. The van der Waals surface area contributed by atoms with Crippen molar-refractivity contribution in [3.8, 4) is 0 Å². The van der Waals surface area contributed by atoms with Gasteiger partial charge in [-0.25, -0.2) is 9.78 Å². The molecule has 1 aliphatic heterocycles. The second kappa shape index (κ2) is 8.14. The van der Waals surface area contributed by atoms with Gasteiger partial charge in [0.25, 0.3) is 0 Å². The highest BCUT2D eigenvalue weighted by Gasteiger charge is 2.22. The van der Waals surface area contributed by atoms with E-state index in [0.29, 0.717) is 43.5 Å². The van der Waals surface area contributed by atoms with E-state index in [0.717, 1.165) is 19.4 Å². The minimum atomic E-state index is -0.447. The van der Waals surface area contributed by atoms with Crippen LogP contribution in [0.3, 0.4) is 0 Å². The van der Waals surface area contributed by atoms with Crippen LogP contribution in [0.5, 0.6) is 0 Å². The molecule has 7 heteroatoms. The number of nitrogens with zero attached hydrogens (tertiary/aromatic N) is 2. The highest BCUT2D eigenvalue weighted by molar-refractivity contribution is 5.88. The quantitative estimate of drug-likeness (QED) is 0.530. The van der Waals surface area contributed by atoms with Gasteiger partial charge in [0.1, 0.15) is 12.4 Å². The number of carbonyl (C=O) groups is 1. The third-order valence-electron chi connectivity index (χ3n) is 3.56. The zero-order chi connectivity index (χ0) is 15.9. The highest BCUT2D eigenvalue weighted by Crippen LogP contribution is 2.13. The highest BCUT2D eigenvalue weighted by atomic mass is 16.7. The van der Waals surface area contributed by atoms with Crippen molar-refractivity contribution in [3.05, 3.63) is 17.2 Å². The minimum absolute atomic E-state index is 0.201. The SMILES string of the molecule is CCc1nc(C)n(OCCOCC2CCCO2)c1C(=O)OC. The molecular formula is C15H24N2O5. The third kappa shape index (κ3) is 3.98. The van der Waals surface area contributed by atoms with Crippen LogP contribution in [-0.4, -0.2) is 55.3 Å². The summed E-state index contributed by atoms with van der Waals surface area (Å²) >= 11 is 0. The maximum Gasteiger partial charge on any atom is 0.360 e. The molecule has 0 saturated carbocycles. The maximum atomic E-state index is 11.9. The van der Waals surface area contributed by atoms with Gasteiger partial charge in [0.2, 0.25) is 0 Å². The van der Waals surface area contributed by atoms with Crippen molar-refractivity contribution in [2.45, 2.75) is 39.2 Å². The van der Waals surface area contributed by atoms with Crippen molar-refractivity contribution in [2.24, 2.45) is 0 Å². The second-order valence-electron chi connectivity index (χ2n) is 5.14. The molecule has 0 N–H and O–H groups in total. The van der Waals surface area contributed by atoms with E-state index in [1.165, 1.54) is 11.8 Å². The molecule has 0 aliphatic carbocycles. The molecular weight excluding hydrogens is 288 g/mol. The Bertz CT molecular complexity index is 494. The minimum Gasteiger partial charge on any atom is -0.464 e. The zero-order valence-electron chi connectivity index (χ0n) is 13.5. The fourth-order valence-electron chi connectivity index (χ4n) is 2.45. The Morgan fingerprint density at radius 2 is 2.27 bits per heavy atom. The molecule has 22 heavy (non-hydrogen) atoms. The van der Waals surface area contributed by atoms with Gasteiger partial charge in [-0.2, -0.15) is 4.73 Å². The summed E-state index contributed by atoms with van der Waals surface area (Å²) in [4.78, 5) is 21.8. The smallest absolute Gasteiger partial charge is 0.360 e. The Morgan fingerprint density at radius 1 is 1.45 bits per heavy atom. The van der Waals surface area contributed by atoms with Crippen LogP contribution in [0.25, 0.3) is 0 Å². The van der Waals surface area contributed by atoms with Gasteiger partial charge >= 0.3 is 5.97 Å². The van der Waals surface area contributed by atoms with Crippen molar-refractivity contribution in [1.82, 2.24) is 9.71 Å². The molecule has 2 rings (SSSR count). The molecule has 1 fully saturated rings. The second-order valence-corrected chi connectivity index (χ2v) is 5.14. The molecule has 0 amide bonds. The number of aromatic nitrogens is 2. The number of esters is 1. The van der Waals surface area contributed by atoms with Crippen LogP contribution in [-0.2, 0) is 20.6 Å². The molecule has 0 bridgehead atoms. The summed E-state index contributed by atoms with van der Waals surface area (Å²) in [6.45, 7) is 5.89. The molecule has 1 aliphatic rings. The summed E-state index contributed by atoms with van der Waals surface area (Å²) < 4.78 is 17.2. The van der Waals surface area contributed by atoms with Gasteiger partial charge in [-0.15, -0.1) is 0 Å². The first kappa shape index (κ1) is 16.8. The maximum absolute atomic E-state index is 11.9. The van der Waals surface area contributed by atoms with Crippen LogP contribution in [0.2, 0.25) is 0 Å². The van der Waals surface area contributed by atoms with Gasteiger partial charge < -0.3 is 19.0 Å². The largest absolute Gasteiger partial charge is 0.464 e. The molecule has 1 aromatic rings. The van der Waals surface area contributed by atoms with E-state index in [4.69, 9.17) is 19.0 Å². The lowest BCUT2D eigenvalue weighted by molar-refractivity contribution is -0.0124. The van der Waals surface area contributed by atoms with Gasteiger partial charge in [-0.05, 0) is 26.2 Å². The van der Waals surface area contributed by atoms with Crippen LogP contribution in [0.4, 0.5) is 0 Å². The number of ether oxygens (including phenoxy) is 3. The van der Waals surface area contributed by atoms with Gasteiger partial charge in [0, 0.05) is 6.61 Å². The van der Waals surface area contributed by atoms with Crippen LogP contribution in [0.15, 0.2) is 0 Å². The molecule has 124 valence electrons. The van der Waals surface area contributed by atoms with E-state index in [-0.39, 0.29) is 6.10 Å². The Hall–Kier alpha value is -1.60. The average molecular weight is 312 g/mol. The van der Waals surface area contributed by atoms with Crippen molar-refractivity contribution in [2.75, 3.05) is 33.5 Å². The van der Waals surface area contributed by atoms with Crippen LogP contribution >= 0.6 is 0 Å². The van der Waals surface area contributed by atoms with E-state index in [2.05, 4.69) is 4.98 Å². The van der Waals surface area contributed by atoms with Crippen LogP contribution in [0.1, 0.15) is 41.8 Å². The van der Waals surface area contributed by atoms with E-state index >= 15 is 0 Å². The molecule has 0 aromatic carbocycles. The summed E-state index contributed by atoms with van der Waals surface area (Å²) in [6.07, 6.45) is 2.98.